The van der Waals surface area contributed by atoms with Gasteiger partial charge < -0.3 is 14.7 Å². The number of rotatable bonds is 5. The first-order chi connectivity index (χ1) is 13.0. The molecular weight excluding hydrogens is 410 g/mol. The SMILES string of the molecule is C=CCN1C(=O)C(=O)/C(=C(/O)c2ccc(Br)cc2)[C@@H]1c1ccc(OC)cc1. The van der Waals surface area contributed by atoms with Gasteiger partial charge in [-0.25, -0.2) is 0 Å². The first-order valence-electron chi connectivity index (χ1n) is 8.27. The molecule has 0 aromatic heterocycles. The van der Waals surface area contributed by atoms with Crippen molar-refractivity contribution in [1.29, 1.82) is 0 Å². The van der Waals surface area contributed by atoms with Crippen molar-refractivity contribution in [3.8, 4) is 5.75 Å². The molecule has 1 fully saturated rings. The summed E-state index contributed by atoms with van der Waals surface area (Å²) in [6.45, 7) is 3.86. The van der Waals surface area contributed by atoms with E-state index >= 15 is 0 Å². The quantitative estimate of drug-likeness (QED) is 0.338. The van der Waals surface area contributed by atoms with E-state index in [4.69, 9.17) is 4.74 Å². The van der Waals surface area contributed by atoms with Crippen LogP contribution in [0.4, 0.5) is 0 Å². The highest BCUT2D eigenvalue weighted by Gasteiger charge is 2.45. The Bertz CT molecular complexity index is 916. The van der Waals surface area contributed by atoms with Crippen molar-refractivity contribution in [2.75, 3.05) is 13.7 Å². The van der Waals surface area contributed by atoms with Crippen LogP contribution >= 0.6 is 15.9 Å². The summed E-state index contributed by atoms with van der Waals surface area (Å²) >= 11 is 3.34. The van der Waals surface area contributed by atoms with E-state index in [2.05, 4.69) is 22.5 Å². The number of aliphatic hydroxyl groups excluding tert-OH is 1. The maximum Gasteiger partial charge on any atom is 0.295 e. The summed E-state index contributed by atoms with van der Waals surface area (Å²) in [5.74, 6) is -0.909. The second kappa shape index (κ2) is 7.80. The van der Waals surface area contributed by atoms with Crippen molar-refractivity contribution in [2.24, 2.45) is 0 Å². The lowest BCUT2D eigenvalue weighted by Gasteiger charge is -2.24. The summed E-state index contributed by atoms with van der Waals surface area (Å²) in [4.78, 5) is 26.7. The lowest BCUT2D eigenvalue weighted by atomic mass is 9.95. The number of aliphatic hydroxyl groups is 1. The van der Waals surface area contributed by atoms with Gasteiger partial charge >= 0.3 is 0 Å². The number of hydrogen-bond acceptors (Lipinski definition) is 4. The predicted octanol–water partition coefficient (Wildman–Crippen LogP) is 4.07. The first kappa shape index (κ1) is 18.9. The molecule has 0 aliphatic carbocycles. The Morgan fingerprint density at radius 3 is 2.37 bits per heavy atom. The van der Waals surface area contributed by atoms with Crippen LogP contribution in [0.1, 0.15) is 17.2 Å². The maximum atomic E-state index is 12.7. The molecule has 1 N–H and O–H groups in total. The zero-order valence-electron chi connectivity index (χ0n) is 14.7. The highest BCUT2D eigenvalue weighted by Crippen LogP contribution is 2.39. The number of ketones is 1. The second-order valence-corrected chi connectivity index (χ2v) is 6.94. The minimum atomic E-state index is -0.710. The van der Waals surface area contributed by atoms with E-state index in [0.29, 0.717) is 16.9 Å². The largest absolute Gasteiger partial charge is 0.507 e. The normalized spacial score (nSPS) is 18.6. The molecule has 1 heterocycles. The van der Waals surface area contributed by atoms with Crippen LogP contribution in [-0.2, 0) is 9.59 Å². The summed E-state index contributed by atoms with van der Waals surface area (Å²) in [6.07, 6.45) is 1.56. The van der Waals surface area contributed by atoms with E-state index in [0.717, 1.165) is 4.47 Å². The third kappa shape index (κ3) is 3.53. The number of likely N-dealkylation sites (tertiary alicyclic amines) is 1. The van der Waals surface area contributed by atoms with Crippen LogP contribution in [0.2, 0.25) is 0 Å². The molecule has 1 atom stereocenters. The van der Waals surface area contributed by atoms with Crippen LogP contribution < -0.4 is 4.74 Å². The van der Waals surface area contributed by atoms with E-state index in [9.17, 15) is 14.7 Å². The monoisotopic (exact) mass is 427 g/mol. The predicted molar refractivity (Wildman–Crippen MR) is 106 cm³/mol. The fourth-order valence-electron chi connectivity index (χ4n) is 3.10. The topological polar surface area (TPSA) is 66.8 Å². The van der Waals surface area contributed by atoms with Crippen LogP contribution in [0, 0.1) is 0 Å². The molecule has 0 saturated carbocycles. The first-order valence-corrected chi connectivity index (χ1v) is 9.06. The lowest BCUT2D eigenvalue weighted by Crippen LogP contribution is -2.29. The van der Waals surface area contributed by atoms with Crippen molar-refractivity contribution < 1.29 is 19.4 Å². The number of Topliss-reactive ketones (excluding diaryl/α,β-unsaturated/α-hetero) is 1. The van der Waals surface area contributed by atoms with E-state index in [-0.39, 0.29) is 17.9 Å². The molecule has 0 spiro atoms. The number of amides is 1. The van der Waals surface area contributed by atoms with Crippen LogP contribution in [0.3, 0.4) is 0 Å². The molecule has 27 heavy (non-hydrogen) atoms. The van der Waals surface area contributed by atoms with Gasteiger partial charge in [0.2, 0.25) is 0 Å². The summed E-state index contributed by atoms with van der Waals surface area (Å²) in [5, 5.41) is 10.8. The number of ether oxygens (including phenoxy) is 1. The van der Waals surface area contributed by atoms with Crippen molar-refractivity contribution in [3.63, 3.8) is 0 Å². The third-order valence-electron chi connectivity index (χ3n) is 4.41. The standard InChI is InChI=1S/C21H18BrNO4/c1-3-12-23-18(13-6-10-16(27-2)11-7-13)17(20(25)21(23)26)19(24)14-4-8-15(22)9-5-14/h3-11,18,24H,1,12H2,2H3/b19-17+/t18-/m0/s1. The van der Waals surface area contributed by atoms with Crippen molar-refractivity contribution in [2.45, 2.75) is 6.04 Å². The molecule has 1 amide bonds. The fraction of sp³-hybridized carbons (Fsp3) is 0.143. The van der Waals surface area contributed by atoms with E-state index in [1.54, 1.807) is 61.7 Å². The van der Waals surface area contributed by atoms with Gasteiger partial charge in [-0.3, -0.25) is 9.59 Å². The smallest absolute Gasteiger partial charge is 0.295 e. The van der Waals surface area contributed by atoms with Crippen molar-refractivity contribution in [3.05, 3.63) is 82.4 Å². The highest BCUT2D eigenvalue weighted by atomic mass is 79.9. The Labute approximate surface area is 165 Å². The molecule has 1 aliphatic rings. The van der Waals surface area contributed by atoms with Crippen LogP contribution in [0.15, 0.2) is 71.2 Å². The average molecular weight is 428 g/mol. The number of carbonyl (C=O) groups is 2. The number of hydrogen-bond donors (Lipinski definition) is 1. The zero-order valence-corrected chi connectivity index (χ0v) is 16.3. The van der Waals surface area contributed by atoms with Gasteiger partial charge in [0.15, 0.2) is 0 Å². The van der Waals surface area contributed by atoms with Gasteiger partial charge in [0, 0.05) is 16.6 Å². The molecule has 3 rings (SSSR count). The lowest BCUT2D eigenvalue weighted by molar-refractivity contribution is -0.139. The summed E-state index contributed by atoms with van der Waals surface area (Å²) in [6, 6.07) is 13.3. The molecule has 1 aliphatic heterocycles. The Morgan fingerprint density at radius 2 is 1.81 bits per heavy atom. The summed E-state index contributed by atoms with van der Waals surface area (Å²) in [5.41, 5.74) is 1.23. The number of benzene rings is 2. The molecule has 0 radical (unpaired) electrons. The zero-order chi connectivity index (χ0) is 19.6. The minimum Gasteiger partial charge on any atom is -0.507 e. The van der Waals surface area contributed by atoms with Gasteiger partial charge in [-0.15, -0.1) is 6.58 Å². The molecule has 2 aromatic carbocycles. The maximum absolute atomic E-state index is 12.7. The van der Waals surface area contributed by atoms with Gasteiger partial charge in [0.1, 0.15) is 11.5 Å². The molecule has 0 bridgehead atoms. The number of carbonyl (C=O) groups excluding carboxylic acids is 2. The van der Waals surface area contributed by atoms with E-state index in [1.165, 1.54) is 4.90 Å². The molecule has 1 saturated heterocycles. The number of nitrogens with zero attached hydrogens (tertiary/aromatic N) is 1. The van der Waals surface area contributed by atoms with Gasteiger partial charge in [-0.1, -0.05) is 46.3 Å². The van der Waals surface area contributed by atoms with Crippen molar-refractivity contribution >= 4 is 33.4 Å². The van der Waals surface area contributed by atoms with Gasteiger partial charge in [0.05, 0.1) is 18.7 Å². The summed E-state index contributed by atoms with van der Waals surface area (Å²) < 4.78 is 6.02. The Kier molecular flexibility index (Phi) is 5.46. The minimum absolute atomic E-state index is 0.0642. The number of methoxy groups -OCH3 is 1. The van der Waals surface area contributed by atoms with Crippen molar-refractivity contribution in [1.82, 2.24) is 4.90 Å². The molecular formula is C21H18BrNO4. The Balaban J connectivity index is 2.16. The molecule has 2 aromatic rings. The van der Waals surface area contributed by atoms with Crippen LogP contribution in [0.25, 0.3) is 5.76 Å². The van der Waals surface area contributed by atoms with Crippen LogP contribution in [0.5, 0.6) is 5.75 Å². The third-order valence-corrected chi connectivity index (χ3v) is 4.94. The van der Waals surface area contributed by atoms with E-state index < -0.39 is 17.7 Å². The molecule has 0 unspecified atom stereocenters. The average Bonchev–Trinajstić information content (AvgIpc) is 2.93. The summed E-state index contributed by atoms with van der Waals surface area (Å²) in [7, 11) is 1.56. The fourth-order valence-corrected chi connectivity index (χ4v) is 3.37. The van der Waals surface area contributed by atoms with Gasteiger partial charge in [-0.2, -0.15) is 0 Å². The molecule has 6 heteroatoms. The van der Waals surface area contributed by atoms with Gasteiger partial charge in [0.25, 0.3) is 11.7 Å². The van der Waals surface area contributed by atoms with E-state index in [1.807, 2.05) is 0 Å². The Hall–Kier alpha value is -2.86. The molecule has 5 nitrogen and oxygen atoms in total. The highest BCUT2D eigenvalue weighted by molar-refractivity contribution is 9.10. The second-order valence-electron chi connectivity index (χ2n) is 6.02. The van der Waals surface area contributed by atoms with Crippen LogP contribution in [-0.4, -0.2) is 35.4 Å². The number of halogens is 1. The molecule has 138 valence electrons. The van der Waals surface area contributed by atoms with Gasteiger partial charge in [-0.05, 0) is 29.8 Å². The Morgan fingerprint density at radius 1 is 1.19 bits per heavy atom.